The van der Waals surface area contributed by atoms with Gasteiger partial charge in [0.1, 0.15) is 0 Å². The molecule has 1 aliphatic carbocycles. The van der Waals surface area contributed by atoms with E-state index in [4.69, 9.17) is 5.11 Å². The molecule has 0 aromatic carbocycles. The van der Waals surface area contributed by atoms with Crippen molar-refractivity contribution in [1.82, 2.24) is 20.0 Å². The fourth-order valence-electron chi connectivity index (χ4n) is 3.59. The number of rotatable bonds is 9. The number of aromatic nitrogens is 2. The third-order valence-electron chi connectivity index (χ3n) is 5.29. The molecule has 0 unspecified atom stereocenters. The lowest BCUT2D eigenvalue weighted by Gasteiger charge is -2.42. The molecule has 1 aromatic rings. The number of amides is 1. The monoisotopic (exact) mass is 350 g/mol. The number of hydrogen-bond acceptors (Lipinski definition) is 4. The minimum Gasteiger partial charge on any atom is -0.480 e. The summed E-state index contributed by atoms with van der Waals surface area (Å²) in [5, 5.41) is 16.4. The molecule has 1 aliphatic rings. The van der Waals surface area contributed by atoms with E-state index >= 15 is 0 Å². The zero-order valence-electron chi connectivity index (χ0n) is 15.7. The third kappa shape index (κ3) is 4.39. The summed E-state index contributed by atoms with van der Waals surface area (Å²) in [5.74, 6) is -0.891. The Morgan fingerprint density at radius 3 is 2.52 bits per heavy atom. The van der Waals surface area contributed by atoms with Crippen LogP contribution in [0.15, 0.2) is 6.20 Å². The summed E-state index contributed by atoms with van der Waals surface area (Å²) in [7, 11) is 0. The highest BCUT2D eigenvalue weighted by molar-refractivity contribution is 5.95. The van der Waals surface area contributed by atoms with E-state index in [-0.39, 0.29) is 24.5 Å². The number of carboxylic acid groups (broad SMARTS) is 1. The summed E-state index contributed by atoms with van der Waals surface area (Å²) in [5.41, 5.74) is 1.54. The van der Waals surface area contributed by atoms with E-state index in [1.54, 1.807) is 6.20 Å². The molecule has 0 bridgehead atoms. The van der Waals surface area contributed by atoms with Crippen LogP contribution in [0.2, 0.25) is 0 Å². The number of likely N-dealkylation sites (N-methyl/N-ethyl adjacent to an activating group) is 1. The first kappa shape index (κ1) is 19.4. The minimum absolute atomic E-state index is 0.0587. The van der Waals surface area contributed by atoms with E-state index in [1.165, 1.54) is 0 Å². The van der Waals surface area contributed by atoms with Crippen LogP contribution in [0.25, 0.3) is 0 Å². The van der Waals surface area contributed by atoms with Crippen LogP contribution >= 0.6 is 0 Å². The van der Waals surface area contributed by atoms with Crippen LogP contribution in [0.3, 0.4) is 0 Å². The van der Waals surface area contributed by atoms with Gasteiger partial charge >= 0.3 is 5.97 Å². The maximum atomic E-state index is 12.5. The maximum Gasteiger partial charge on any atom is 0.317 e. The van der Waals surface area contributed by atoms with E-state index in [0.717, 1.165) is 31.4 Å². The van der Waals surface area contributed by atoms with E-state index in [9.17, 15) is 9.59 Å². The van der Waals surface area contributed by atoms with Crippen molar-refractivity contribution in [3.63, 3.8) is 0 Å². The lowest BCUT2D eigenvalue weighted by atomic mass is 9.85. The lowest BCUT2D eigenvalue weighted by molar-refractivity contribution is -0.139. The van der Waals surface area contributed by atoms with Crippen LogP contribution < -0.4 is 5.32 Å². The van der Waals surface area contributed by atoms with Gasteiger partial charge in [-0.2, -0.15) is 5.10 Å². The summed E-state index contributed by atoms with van der Waals surface area (Å²) in [6.45, 7) is 8.92. The average Bonchev–Trinajstić information content (AvgIpc) is 2.91. The SMILES string of the molecule is CCC(CC)n1ncc(C(=O)NC2CC(N(CC)CC(=O)O)C2)c1C. The highest BCUT2D eigenvalue weighted by Crippen LogP contribution is 2.26. The maximum absolute atomic E-state index is 12.5. The van der Waals surface area contributed by atoms with Gasteiger partial charge in [-0.15, -0.1) is 0 Å². The van der Waals surface area contributed by atoms with E-state index < -0.39 is 5.97 Å². The second kappa shape index (κ2) is 8.47. The molecule has 0 saturated heterocycles. The Morgan fingerprint density at radius 1 is 1.36 bits per heavy atom. The van der Waals surface area contributed by atoms with Crippen LogP contribution in [-0.4, -0.2) is 56.8 Å². The number of nitrogens with one attached hydrogen (secondary N) is 1. The molecule has 1 aromatic heterocycles. The van der Waals surface area contributed by atoms with Gasteiger partial charge in [0, 0.05) is 17.8 Å². The first-order valence-corrected chi connectivity index (χ1v) is 9.21. The second-order valence-corrected chi connectivity index (χ2v) is 6.81. The van der Waals surface area contributed by atoms with E-state index in [2.05, 4.69) is 24.3 Å². The van der Waals surface area contributed by atoms with Crippen molar-refractivity contribution in [3.05, 3.63) is 17.5 Å². The third-order valence-corrected chi connectivity index (χ3v) is 5.29. The number of nitrogens with zero attached hydrogens (tertiary/aromatic N) is 3. The summed E-state index contributed by atoms with van der Waals surface area (Å²) >= 11 is 0. The Labute approximate surface area is 149 Å². The zero-order valence-corrected chi connectivity index (χ0v) is 15.7. The molecule has 1 saturated carbocycles. The second-order valence-electron chi connectivity index (χ2n) is 6.81. The first-order chi connectivity index (χ1) is 11.9. The van der Waals surface area contributed by atoms with Crippen LogP contribution in [0.4, 0.5) is 0 Å². The molecule has 7 heteroatoms. The van der Waals surface area contributed by atoms with Gasteiger partial charge in [-0.05, 0) is 39.2 Å². The quantitative estimate of drug-likeness (QED) is 0.713. The normalized spacial score (nSPS) is 19.9. The Bertz CT molecular complexity index is 603. The number of aliphatic carboxylic acids is 1. The Morgan fingerprint density at radius 2 is 2.00 bits per heavy atom. The molecule has 1 amide bonds. The molecule has 1 heterocycles. The average molecular weight is 350 g/mol. The Balaban J connectivity index is 1.91. The summed E-state index contributed by atoms with van der Waals surface area (Å²) < 4.78 is 1.95. The highest BCUT2D eigenvalue weighted by Gasteiger charge is 2.35. The molecule has 25 heavy (non-hydrogen) atoms. The van der Waals surface area contributed by atoms with Gasteiger partial charge in [0.2, 0.25) is 0 Å². The smallest absolute Gasteiger partial charge is 0.317 e. The van der Waals surface area contributed by atoms with Gasteiger partial charge in [-0.1, -0.05) is 20.8 Å². The highest BCUT2D eigenvalue weighted by atomic mass is 16.4. The summed E-state index contributed by atoms with van der Waals surface area (Å²) in [6.07, 6.45) is 5.22. The van der Waals surface area contributed by atoms with Gasteiger partial charge in [0.25, 0.3) is 5.91 Å². The standard InChI is InChI=1S/C18H30N4O3/c1-5-14(6-2)22-12(4)16(10-19-22)18(25)20-13-8-15(9-13)21(7-3)11-17(23)24/h10,13-15H,5-9,11H2,1-4H3,(H,20,25)(H,23,24). The molecule has 0 spiro atoms. The first-order valence-electron chi connectivity index (χ1n) is 9.21. The molecule has 0 radical (unpaired) electrons. The van der Waals surface area contributed by atoms with Crippen LogP contribution in [0.1, 0.15) is 68.5 Å². The molecule has 2 N–H and O–H groups in total. The van der Waals surface area contributed by atoms with Crippen molar-refractivity contribution in [2.75, 3.05) is 13.1 Å². The fraction of sp³-hybridized carbons (Fsp3) is 0.722. The molecule has 7 nitrogen and oxygen atoms in total. The zero-order chi connectivity index (χ0) is 18.6. The molecule has 2 rings (SSSR count). The summed E-state index contributed by atoms with van der Waals surface area (Å²) in [6, 6.07) is 0.666. The van der Waals surface area contributed by atoms with Crippen molar-refractivity contribution in [2.45, 2.75) is 71.5 Å². The summed E-state index contributed by atoms with van der Waals surface area (Å²) in [4.78, 5) is 25.4. The lowest BCUT2D eigenvalue weighted by Crippen LogP contribution is -2.54. The number of carbonyl (C=O) groups is 2. The van der Waals surface area contributed by atoms with Crippen LogP contribution in [-0.2, 0) is 4.79 Å². The molecule has 0 aliphatic heterocycles. The predicted molar refractivity (Wildman–Crippen MR) is 95.7 cm³/mol. The van der Waals surface area contributed by atoms with Gasteiger partial charge in [0.05, 0.1) is 24.3 Å². The predicted octanol–water partition coefficient (Wildman–Crippen LogP) is 2.22. The van der Waals surface area contributed by atoms with Crippen molar-refractivity contribution >= 4 is 11.9 Å². The van der Waals surface area contributed by atoms with Gasteiger partial charge in [-0.3, -0.25) is 19.2 Å². The van der Waals surface area contributed by atoms with Crippen molar-refractivity contribution < 1.29 is 14.7 Å². The topological polar surface area (TPSA) is 87.5 Å². The minimum atomic E-state index is -0.807. The fourth-order valence-corrected chi connectivity index (χ4v) is 3.59. The molecule has 140 valence electrons. The Hall–Kier alpha value is -1.89. The Kier molecular flexibility index (Phi) is 6.58. The largest absolute Gasteiger partial charge is 0.480 e. The van der Waals surface area contributed by atoms with Gasteiger partial charge < -0.3 is 10.4 Å². The molecule has 0 atom stereocenters. The van der Waals surface area contributed by atoms with Crippen molar-refractivity contribution in [3.8, 4) is 0 Å². The van der Waals surface area contributed by atoms with Crippen molar-refractivity contribution in [2.24, 2.45) is 0 Å². The molecule has 1 fully saturated rings. The molecular formula is C18H30N4O3. The van der Waals surface area contributed by atoms with E-state index in [1.807, 2.05) is 23.4 Å². The molecular weight excluding hydrogens is 320 g/mol. The van der Waals surface area contributed by atoms with E-state index in [0.29, 0.717) is 18.2 Å². The number of hydrogen-bond donors (Lipinski definition) is 2. The van der Waals surface area contributed by atoms with Gasteiger partial charge in [-0.25, -0.2) is 0 Å². The number of carbonyl (C=O) groups excluding carboxylic acids is 1. The van der Waals surface area contributed by atoms with Gasteiger partial charge in [0.15, 0.2) is 0 Å². The van der Waals surface area contributed by atoms with Crippen LogP contribution in [0.5, 0.6) is 0 Å². The van der Waals surface area contributed by atoms with Crippen LogP contribution in [0, 0.1) is 6.92 Å². The van der Waals surface area contributed by atoms with Crippen molar-refractivity contribution in [1.29, 1.82) is 0 Å². The number of carboxylic acids is 1.